The average Bonchev–Trinajstić information content (AvgIpc) is 3.18. The van der Waals surface area contributed by atoms with Crippen molar-refractivity contribution in [3.63, 3.8) is 0 Å². The third-order valence-electron chi connectivity index (χ3n) is 5.24. The van der Waals surface area contributed by atoms with E-state index in [1.807, 2.05) is 6.07 Å². The third-order valence-corrected chi connectivity index (χ3v) is 5.24. The molecule has 0 aromatic heterocycles. The molecule has 3 N–H and O–H groups in total. The first-order chi connectivity index (χ1) is 14.2. The van der Waals surface area contributed by atoms with Gasteiger partial charge in [0.1, 0.15) is 0 Å². The van der Waals surface area contributed by atoms with Gasteiger partial charge < -0.3 is 20.5 Å². The van der Waals surface area contributed by atoms with Gasteiger partial charge in [0.15, 0.2) is 17.5 Å². The first kappa shape index (κ1) is 24.3. The minimum absolute atomic E-state index is 0. The summed E-state index contributed by atoms with van der Waals surface area (Å²) in [5.74, 6) is 1.41. The highest BCUT2D eigenvalue weighted by Crippen LogP contribution is 2.26. The van der Waals surface area contributed by atoms with Crippen LogP contribution in [0.25, 0.3) is 0 Å². The van der Waals surface area contributed by atoms with E-state index in [1.54, 1.807) is 19.2 Å². The van der Waals surface area contributed by atoms with Crippen LogP contribution in [0.3, 0.4) is 0 Å². The van der Waals surface area contributed by atoms with Crippen molar-refractivity contribution in [1.82, 2.24) is 15.5 Å². The Hall–Kier alpha value is -2.00. The van der Waals surface area contributed by atoms with Gasteiger partial charge in [0.2, 0.25) is 0 Å². The Labute approximate surface area is 196 Å². The lowest BCUT2D eigenvalue weighted by Gasteiger charge is -2.25. The maximum absolute atomic E-state index is 9.95. The number of phenols is 1. The van der Waals surface area contributed by atoms with Gasteiger partial charge in [0.05, 0.1) is 13.7 Å². The second-order valence-electron chi connectivity index (χ2n) is 7.33. The summed E-state index contributed by atoms with van der Waals surface area (Å²) in [6.45, 7) is 6.36. The summed E-state index contributed by atoms with van der Waals surface area (Å²) >= 11 is 0. The number of guanidine groups is 1. The summed E-state index contributed by atoms with van der Waals surface area (Å²) in [6.07, 6.45) is 2.43. The molecule has 3 rings (SSSR count). The van der Waals surface area contributed by atoms with Gasteiger partial charge in [0, 0.05) is 25.7 Å². The zero-order valence-electron chi connectivity index (χ0n) is 17.8. The number of nitrogens with zero attached hydrogens (tertiary/aromatic N) is 2. The highest BCUT2D eigenvalue weighted by Gasteiger charge is 2.24. The van der Waals surface area contributed by atoms with Crippen molar-refractivity contribution >= 4 is 29.9 Å². The summed E-state index contributed by atoms with van der Waals surface area (Å²) in [6, 6.07) is 16.5. The molecule has 1 aliphatic rings. The molecular formula is C23H33IN4O2. The zero-order chi connectivity index (χ0) is 20.5. The molecule has 2 aromatic carbocycles. The van der Waals surface area contributed by atoms with E-state index in [4.69, 9.17) is 4.74 Å². The van der Waals surface area contributed by atoms with Gasteiger partial charge in [-0.2, -0.15) is 0 Å². The first-order valence-corrected chi connectivity index (χ1v) is 10.4. The lowest BCUT2D eigenvalue weighted by molar-refractivity contribution is 0.245. The number of hydrogen-bond donors (Lipinski definition) is 3. The monoisotopic (exact) mass is 524 g/mol. The molecule has 0 spiro atoms. The summed E-state index contributed by atoms with van der Waals surface area (Å²) in [7, 11) is 1.55. The smallest absolute Gasteiger partial charge is 0.191 e. The zero-order valence-corrected chi connectivity index (χ0v) is 20.1. The Morgan fingerprint density at radius 2 is 1.97 bits per heavy atom. The first-order valence-electron chi connectivity index (χ1n) is 10.4. The SMILES string of the molecule is CCNC(=NCc1ccc(OC)c(O)c1)NCC1CCCN1Cc1ccccc1.I. The Balaban J connectivity index is 0.00000320. The molecule has 0 aliphatic carbocycles. The number of likely N-dealkylation sites (tertiary alicyclic amines) is 1. The van der Waals surface area contributed by atoms with Crippen molar-refractivity contribution in [2.75, 3.05) is 26.7 Å². The molecule has 6 nitrogen and oxygen atoms in total. The largest absolute Gasteiger partial charge is 0.504 e. The van der Waals surface area contributed by atoms with Crippen LogP contribution in [0.5, 0.6) is 11.5 Å². The molecule has 1 fully saturated rings. The van der Waals surface area contributed by atoms with E-state index in [0.29, 0.717) is 18.3 Å². The minimum Gasteiger partial charge on any atom is -0.504 e. The molecule has 0 amide bonds. The van der Waals surface area contributed by atoms with Gasteiger partial charge in [-0.05, 0) is 49.6 Å². The number of aromatic hydroxyl groups is 1. The van der Waals surface area contributed by atoms with Crippen LogP contribution >= 0.6 is 24.0 Å². The molecule has 1 atom stereocenters. The highest BCUT2D eigenvalue weighted by molar-refractivity contribution is 14.0. The van der Waals surface area contributed by atoms with Crippen molar-refractivity contribution in [3.8, 4) is 11.5 Å². The molecule has 7 heteroatoms. The molecule has 30 heavy (non-hydrogen) atoms. The topological polar surface area (TPSA) is 69.1 Å². The minimum atomic E-state index is 0. The quantitative estimate of drug-likeness (QED) is 0.279. The predicted molar refractivity (Wildman–Crippen MR) is 133 cm³/mol. The normalized spacial score (nSPS) is 16.7. The van der Waals surface area contributed by atoms with Gasteiger partial charge >= 0.3 is 0 Å². The number of benzene rings is 2. The second kappa shape index (κ2) is 12.6. The number of methoxy groups -OCH3 is 1. The fourth-order valence-corrected chi connectivity index (χ4v) is 3.71. The lowest BCUT2D eigenvalue weighted by Crippen LogP contribution is -2.44. The molecular weight excluding hydrogens is 491 g/mol. The van der Waals surface area contributed by atoms with Crippen LogP contribution in [0, 0.1) is 0 Å². The molecule has 0 radical (unpaired) electrons. The van der Waals surface area contributed by atoms with Gasteiger partial charge in [0.25, 0.3) is 0 Å². The maximum Gasteiger partial charge on any atom is 0.191 e. The average molecular weight is 524 g/mol. The van der Waals surface area contributed by atoms with Gasteiger partial charge in [-0.25, -0.2) is 4.99 Å². The fourth-order valence-electron chi connectivity index (χ4n) is 3.71. The number of halogens is 1. The van der Waals surface area contributed by atoms with E-state index in [9.17, 15) is 5.11 Å². The molecule has 1 aliphatic heterocycles. The lowest BCUT2D eigenvalue weighted by atomic mass is 10.2. The summed E-state index contributed by atoms with van der Waals surface area (Å²) in [5, 5.41) is 16.8. The third kappa shape index (κ3) is 7.05. The molecule has 0 bridgehead atoms. The Morgan fingerprint density at radius 1 is 1.17 bits per heavy atom. The van der Waals surface area contributed by atoms with Crippen LogP contribution in [0.2, 0.25) is 0 Å². The molecule has 0 saturated carbocycles. The van der Waals surface area contributed by atoms with E-state index < -0.39 is 0 Å². The van der Waals surface area contributed by atoms with Crippen molar-refractivity contribution < 1.29 is 9.84 Å². The van der Waals surface area contributed by atoms with Crippen LogP contribution in [0.4, 0.5) is 0 Å². The Morgan fingerprint density at radius 3 is 2.67 bits per heavy atom. The van der Waals surface area contributed by atoms with E-state index in [0.717, 1.165) is 37.7 Å². The summed E-state index contributed by atoms with van der Waals surface area (Å²) < 4.78 is 5.10. The molecule has 2 aromatic rings. The Kier molecular flexibility index (Phi) is 10.2. The van der Waals surface area contributed by atoms with Crippen LogP contribution in [-0.2, 0) is 13.1 Å². The van der Waals surface area contributed by atoms with Crippen molar-refractivity contribution in [3.05, 3.63) is 59.7 Å². The van der Waals surface area contributed by atoms with Crippen molar-refractivity contribution in [1.29, 1.82) is 0 Å². The molecule has 164 valence electrons. The number of ether oxygens (including phenoxy) is 1. The summed E-state index contributed by atoms with van der Waals surface area (Å²) in [4.78, 5) is 7.22. The second-order valence-corrected chi connectivity index (χ2v) is 7.33. The Bertz CT molecular complexity index is 801. The van der Waals surface area contributed by atoms with Crippen LogP contribution in [0.1, 0.15) is 30.9 Å². The number of hydrogen-bond acceptors (Lipinski definition) is 4. The molecule has 1 heterocycles. The van der Waals surface area contributed by atoms with Crippen molar-refractivity contribution in [2.24, 2.45) is 4.99 Å². The van der Waals surface area contributed by atoms with Crippen LogP contribution in [0.15, 0.2) is 53.5 Å². The number of rotatable bonds is 8. The number of nitrogens with one attached hydrogen (secondary N) is 2. The fraction of sp³-hybridized carbons (Fsp3) is 0.435. The molecule has 1 saturated heterocycles. The standard InChI is InChI=1S/C23H32N4O2.HI/c1-3-24-23(25-15-19-11-12-22(29-2)21(28)14-19)26-16-20-10-7-13-27(20)17-18-8-5-4-6-9-18;/h4-6,8-9,11-12,14,20,28H,3,7,10,13,15-17H2,1-2H3,(H2,24,25,26);1H. The maximum atomic E-state index is 9.95. The van der Waals surface area contributed by atoms with Crippen LogP contribution in [-0.4, -0.2) is 48.8 Å². The van der Waals surface area contributed by atoms with Gasteiger partial charge in [-0.1, -0.05) is 36.4 Å². The molecule has 1 unspecified atom stereocenters. The van der Waals surface area contributed by atoms with E-state index in [1.165, 1.54) is 18.4 Å². The van der Waals surface area contributed by atoms with E-state index in [2.05, 4.69) is 57.8 Å². The predicted octanol–water partition coefficient (Wildman–Crippen LogP) is 3.74. The van der Waals surface area contributed by atoms with Crippen molar-refractivity contribution in [2.45, 2.75) is 38.9 Å². The van der Waals surface area contributed by atoms with Gasteiger partial charge in [-0.3, -0.25) is 4.90 Å². The van der Waals surface area contributed by atoms with Gasteiger partial charge in [-0.15, -0.1) is 24.0 Å². The van der Waals surface area contributed by atoms with Crippen LogP contribution < -0.4 is 15.4 Å². The number of phenolic OH excluding ortho intramolecular Hbond substituents is 1. The van der Waals surface area contributed by atoms with E-state index in [-0.39, 0.29) is 29.7 Å². The highest BCUT2D eigenvalue weighted by atomic mass is 127. The van der Waals surface area contributed by atoms with E-state index >= 15 is 0 Å². The number of aliphatic imine (C=N–C) groups is 1. The summed E-state index contributed by atoms with van der Waals surface area (Å²) in [5.41, 5.74) is 2.30.